The Bertz CT molecular complexity index is 1030. The van der Waals surface area contributed by atoms with E-state index in [9.17, 15) is 4.79 Å². The van der Waals surface area contributed by atoms with Gasteiger partial charge in [0.05, 0.1) is 56.5 Å². The Hall–Kier alpha value is -2.56. The highest BCUT2D eigenvalue weighted by atomic mass is 32.1. The highest BCUT2D eigenvalue weighted by molar-refractivity contribution is 7.21. The van der Waals surface area contributed by atoms with E-state index in [-0.39, 0.29) is 5.91 Å². The Morgan fingerprint density at radius 3 is 2.29 bits per heavy atom. The van der Waals surface area contributed by atoms with Gasteiger partial charge in [0.2, 0.25) is 5.91 Å². The lowest BCUT2D eigenvalue weighted by atomic mass is 10.2. The van der Waals surface area contributed by atoms with E-state index in [2.05, 4.69) is 47.9 Å². The molecule has 0 saturated heterocycles. The van der Waals surface area contributed by atoms with Crippen molar-refractivity contribution in [1.82, 2.24) is 10.3 Å². The van der Waals surface area contributed by atoms with Gasteiger partial charge in [-0.1, -0.05) is 6.07 Å². The maximum atomic E-state index is 12.0. The van der Waals surface area contributed by atoms with Crippen LogP contribution in [0.1, 0.15) is 12.0 Å². The van der Waals surface area contributed by atoms with E-state index in [1.165, 1.54) is 10.3 Å². The van der Waals surface area contributed by atoms with Crippen molar-refractivity contribution in [3.8, 4) is 10.6 Å². The van der Waals surface area contributed by atoms with Gasteiger partial charge in [0, 0.05) is 37.9 Å². The second-order valence-electron chi connectivity index (χ2n) is 7.92. The predicted molar refractivity (Wildman–Crippen MR) is 140 cm³/mol. The van der Waals surface area contributed by atoms with Gasteiger partial charge in [0.1, 0.15) is 5.01 Å². The summed E-state index contributed by atoms with van der Waals surface area (Å²) in [7, 11) is 1.64. The van der Waals surface area contributed by atoms with Crippen LogP contribution >= 0.6 is 11.3 Å². The molecule has 3 rings (SSSR count). The molecule has 0 unspecified atom stereocenters. The number of carbonyl (C=O) groups is 1. The quantitative estimate of drug-likeness (QED) is 0.271. The van der Waals surface area contributed by atoms with Crippen LogP contribution in [0.5, 0.6) is 0 Å². The standard InChI is InChI=1S/C26H35N3O5S/c1-20-3-8-23-24(19-20)35-26(29-23)21-4-6-22(7-5-21)27-10-9-25(30)28-11-12-32-15-16-34-18-17-33-14-13-31-2/h3-8,19,27H,9-18H2,1-2H3,(H,28,30). The number of hydrogen-bond acceptors (Lipinski definition) is 8. The van der Waals surface area contributed by atoms with Crippen molar-refractivity contribution in [3.05, 3.63) is 48.0 Å². The maximum Gasteiger partial charge on any atom is 0.221 e. The first-order chi connectivity index (χ1) is 17.2. The Labute approximate surface area is 210 Å². The van der Waals surface area contributed by atoms with E-state index < -0.39 is 0 Å². The number of hydrogen-bond donors (Lipinski definition) is 2. The monoisotopic (exact) mass is 501 g/mol. The first-order valence-electron chi connectivity index (χ1n) is 11.9. The zero-order chi connectivity index (χ0) is 24.7. The lowest BCUT2D eigenvalue weighted by Crippen LogP contribution is -2.29. The summed E-state index contributed by atoms with van der Waals surface area (Å²) < 4.78 is 22.2. The zero-order valence-corrected chi connectivity index (χ0v) is 21.3. The zero-order valence-electron chi connectivity index (χ0n) is 20.5. The van der Waals surface area contributed by atoms with E-state index in [1.54, 1.807) is 18.4 Å². The number of aromatic nitrogens is 1. The van der Waals surface area contributed by atoms with Crippen LogP contribution in [0.3, 0.4) is 0 Å². The molecule has 1 heterocycles. The molecule has 9 heteroatoms. The SMILES string of the molecule is COCCOCCOCCOCCNC(=O)CCNc1ccc(-c2nc3ccc(C)cc3s2)cc1. The van der Waals surface area contributed by atoms with E-state index >= 15 is 0 Å². The minimum Gasteiger partial charge on any atom is -0.385 e. The van der Waals surface area contributed by atoms with Crippen molar-refractivity contribution in [3.63, 3.8) is 0 Å². The molecule has 0 bridgehead atoms. The molecule has 35 heavy (non-hydrogen) atoms. The number of rotatable bonds is 17. The molecular weight excluding hydrogens is 466 g/mol. The van der Waals surface area contributed by atoms with Gasteiger partial charge < -0.3 is 29.6 Å². The van der Waals surface area contributed by atoms with Gasteiger partial charge in [0.25, 0.3) is 0 Å². The Morgan fingerprint density at radius 1 is 0.886 bits per heavy atom. The van der Waals surface area contributed by atoms with Gasteiger partial charge in [-0.25, -0.2) is 4.98 Å². The molecule has 1 amide bonds. The number of nitrogens with zero attached hydrogens (tertiary/aromatic N) is 1. The minimum absolute atomic E-state index is 0.00746. The number of anilines is 1. The molecule has 0 fully saturated rings. The average molecular weight is 502 g/mol. The maximum absolute atomic E-state index is 12.0. The second kappa shape index (κ2) is 15.4. The molecule has 0 aliphatic heterocycles. The fourth-order valence-corrected chi connectivity index (χ4v) is 4.31. The van der Waals surface area contributed by atoms with Gasteiger partial charge in [-0.3, -0.25) is 4.79 Å². The van der Waals surface area contributed by atoms with Gasteiger partial charge in [0.15, 0.2) is 0 Å². The molecule has 190 valence electrons. The van der Waals surface area contributed by atoms with Crippen molar-refractivity contribution in [1.29, 1.82) is 0 Å². The van der Waals surface area contributed by atoms with Gasteiger partial charge in [-0.15, -0.1) is 11.3 Å². The smallest absolute Gasteiger partial charge is 0.221 e. The number of thiazole rings is 1. The second-order valence-corrected chi connectivity index (χ2v) is 8.95. The van der Waals surface area contributed by atoms with Crippen LogP contribution in [-0.2, 0) is 23.7 Å². The number of aryl methyl sites for hydroxylation is 1. The summed E-state index contributed by atoms with van der Waals surface area (Å²) in [5, 5.41) is 7.17. The first-order valence-corrected chi connectivity index (χ1v) is 12.7. The molecule has 2 N–H and O–H groups in total. The van der Waals surface area contributed by atoms with Crippen LogP contribution in [0.4, 0.5) is 5.69 Å². The third kappa shape index (κ3) is 9.91. The summed E-state index contributed by atoms with van der Waals surface area (Å²) in [6.45, 7) is 6.82. The molecule has 2 aromatic carbocycles. The lowest BCUT2D eigenvalue weighted by molar-refractivity contribution is -0.121. The highest BCUT2D eigenvalue weighted by Gasteiger charge is 2.07. The van der Waals surface area contributed by atoms with Crippen molar-refractivity contribution < 1.29 is 23.7 Å². The van der Waals surface area contributed by atoms with Crippen LogP contribution in [0.2, 0.25) is 0 Å². The van der Waals surface area contributed by atoms with Crippen molar-refractivity contribution in [2.24, 2.45) is 0 Å². The Balaban J connectivity index is 1.22. The fraction of sp³-hybridized carbons (Fsp3) is 0.462. The molecule has 8 nitrogen and oxygen atoms in total. The van der Waals surface area contributed by atoms with Gasteiger partial charge in [-0.05, 0) is 48.9 Å². The topological polar surface area (TPSA) is 90.9 Å². The number of methoxy groups -OCH3 is 1. The largest absolute Gasteiger partial charge is 0.385 e. The molecule has 1 aromatic heterocycles. The summed E-state index contributed by atoms with van der Waals surface area (Å²) >= 11 is 1.70. The lowest BCUT2D eigenvalue weighted by Gasteiger charge is -2.09. The minimum atomic E-state index is -0.00746. The average Bonchev–Trinajstić information content (AvgIpc) is 3.28. The number of ether oxygens (including phenoxy) is 4. The van der Waals surface area contributed by atoms with Crippen molar-refractivity contribution in [2.75, 3.05) is 71.8 Å². The van der Waals surface area contributed by atoms with E-state index in [4.69, 9.17) is 23.9 Å². The van der Waals surface area contributed by atoms with Crippen molar-refractivity contribution >= 4 is 33.1 Å². The Kier molecular flexibility index (Phi) is 11.9. The molecule has 0 aliphatic carbocycles. The molecule has 0 atom stereocenters. The van der Waals surface area contributed by atoms with Crippen LogP contribution < -0.4 is 10.6 Å². The van der Waals surface area contributed by atoms with Crippen LogP contribution in [0, 0.1) is 6.92 Å². The molecule has 0 aliphatic rings. The first kappa shape index (κ1) is 27.0. The van der Waals surface area contributed by atoms with E-state index in [0.717, 1.165) is 21.8 Å². The third-order valence-electron chi connectivity index (χ3n) is 5.10. The summed E-state index contributed by atoms with van der Waals surface area (Å²) in [4.78, 5) is 16.7. The van der Waals surface area contributed by atoms with Gasteiger partial charge in [-0.2, -0.15) is 0 Å². The fourth-order valence-electron chi connectivity index (χ4n) is 3.24. The molecule has 0 saturated carbocycles. The van der Waals surface area contributed by atoms with Crippen molar-refractivity contribution in [2.45, 2.75) is 13.3 Å². The molecule has 3 aromatic rings. The number of amides is 1. The molecule has 0 spiro atoms. The number of nitrogens with one attached hydrogen (secondary N) is 2. The summed E-state index contributed by atoms with van der Waals surface area (Å²) in [5.74, 6) is -0.00746. The predicted octanol–water partition coefficient (Wildman–Crippen LogP) is 3.89. The normalized spacial score (nSPS) is 11.1. The summed E-state index contributed by atoms with van der Waals surface area (Å²) in [5.41, 5.74) is 4.34. The number of fused-ring (bicyclic) bond motifs is 1. The highest BCUT2D eigenvalue weighted by Crippen LogP contribution is 2.31. The van der Waals surface area contributed by atoms with E-state index in [1.807, 2.05) is 12.1 Å². The van der Waals surface area contributed by atoms with Crippen LogP contribution in [0.25, 0.3) is 20.8 Å². The summed E-state index contributed by atoms with van der Waals surface area (Å²) in [6, 6.07) is 14.5. The third-order valence-corrected chi connectivity index (χ3v) is 6.17. The number of benzene rings is 2. The van der Waals surface area contributed by atoms with E-state index in [0.29, 0.717) is 65.8 Å². The number of carbonyl (C=O) groups excluding carboxylic acids is 1. The van der Waals surface area contributed by atoms with Crippen LogP contribution in [-0.4, -0.2) is 77.3 Å². The Morgan fingerprint density at radius 2 is 1.57 bits per heavy atom. The summed E-state index contributed by atoms with van der Waals surface area (Å²) in [6.07, 6.45) is 0.394. The molecular formula is C26H35N3O5S. The molecule has 0 radical (unpaired) electrons. The van der Waals surface area contributed by atoms with Gasteiger partial charge >= 0.3 is 0 Å². The van der Waals surface area contributed by atoms with Crippen LogP contribution in [0.15, 0.2) is 42.5 Å².